The molecule has 3 aromatic rings. The highest BCUT2D eigenvalue weighted by Gasteiger charge is 2.24. The molecule has 0 saturated heterocycles. The van der Waals surface area contributed by atoms with Crippen LogP contribution in [-0.2, 0) is 16.1 Å². The van der Waals surface area contributed by atoms with E-state index in [4.69, 9.17) is 14.2 Å². The van der Waals surface area contributed by atoms with Gasteiger partial charge >= 0.3 is 5.97 Å². The SMILES string of the molecule is CCOc1cc(/C=C2\N=C(c3ccc(C)cc3)OC2=O)ccc1OCc1ccc(C)cc1. The molecule has 5 heteroatoms. The molecule has 5 nitrogen and oxygen atoms in total. The van der Waals surface area contributed by atoms with E-state index < -0.39 is 5.97 Å². The Kier molecular flexibility index (Phi) is 6.36. The van der Waals surface area contributed by atoms with E-state index in [0.717, 1.165) is 22.3 Å². The van der Waals surface area contributed by atoms with Crippen molar-refractivity contribution >= 4 is 17.9 Å². The summed E-state index contributed by atoms with van der Waals surface area (Å²) >= 11 is 0. The highest BCUT2D eigenvalue weighted by molar-refractivity contribution is 6.12. The summed E-state index contributed by atoms with van der Waals surface area (Å²) in [6.07, 6.45) is 1.69. The third-order valence-electron chi connectivity index (χ3n) is 5.00. The molecule has 32 heavy (non-hydrogen) atoms. The molecule has 0 spiro atoms. The lowest BCUT2D eigenvalue weighted by Crippen LogP contribution is -2.05. The summed E-state index contributed by atoms with van der Waals surface area (Å²) in [5.41, 5.74) is 5.20. The molecule has 1 aliphatic rings. The maximum absolute atomic E-state index is 12.3. The predicted octanol–water partition coefficient (Wildman–Crippen LogP) is 5.63. The first kappa shape index (κ1) is 21.4. The van der Waals surface area contributed by atoms with Gasteiger partial charge in [0.05, 0.1) is 6.61 Å². The normalized spacial score (nSPS) is 14.3. The molecule has 0 atom stereocenters. The van der Waals surface area contributed by atoms with Crippen molar-refractivity contribution < 1.29 is 19.0 Å². The molecule has 0 unspecified atom stereocenters. The Bertz CT molecular complexity index is 1180. The summed E-state index contributed by atoms with van der Waals surface area (Å²) in [6.45, 7) is 6.91. The van der Waals surface area contributed by atoms with Crippen LogP contribution in [0.3, 0.4) is 0 Å². The molecule has 0 fully saturated rings. The summed E-state index contributed by atoms with van der Waals surface area (Å²) < 4.78 is 17.1. The number of rotatable bonds is 7. The van der Waals surface area contributed by atoms with Crippen molar-refractivity contribution in [3.05, 3.63) is 100 Å². The Hall–Kier alpha value is -3.86. The standard InChI is InChI=1S/C27H25NO4/c1-4-30-25-16-21(11-14-24(25)31-17-20-9-5-18(2)6-10-20)15-23-27(29)32-26(28-23)22-12-7-19(3)8-13-22/h5-16H,4,17H2,1-3H3/b23-15-. The summed E-state index contributed by atoms with van der Waals surface area (Å²) in [6, 6.07) is 21.4. The van der Waals surface area contributed by atoms with Gasteiger partial charge in [-0.15, -0.1) is 0 Å². The molecular formula is C27H25NO4. The van der Waals surface area contributed by atoms with Crippen molar-refractivity contribution in [3.63, 3.8) is 0 Å². The van der Waals surface area contributed by atoms with Gasteiger partial charge in [-0.1, -0.05) is 53.6 Å². The van der Waals surface area contributed by atoms with Crippen molar-refractivity contribution in [3.8, 4) is 11.5 Å². The quantitative estimate of drug-likeness (QED) is 0.362. The highest BCUT2D eigenvalue weighted by atomic mass is 16.6. The van der Waals surface area contributed by atoms with E-state index in [0.29, 0.717) is 30.6 Å². The van der Waals surface area contributed by atoms with Crippen LogP contribution in [-0.4, -0.2) is 18.5 Å². The summed E-state index contributed by atoms with van der Waals surface area (Å²) in [4.78, 5) is 16.7. The van der Waals surface area contributed by atoms with Crippen molar-refractivity contribution in [2.45, 2.75) is 27.4 Å². The van der Waals surface area contributed by atoms with Gasteiger partial charge in [0.15, 0.2) is 17.2 Å². The van der Waals surface area contributed by atoms with Crippen LogP contribution in [0.4, 0.5) is 0 Å². The Labute approximate surface area is 188 Å². The second-order valence-electron chi connectivity index (χ2n) is 7.62. The largest absolute Gasteiger partial charge is 0.490 e. The topological polar surface area (TPSA) is 57.1 Å². The van der Waals surface area contributed by atoms with E-state index in [9.17, 15) is 4.79 Å². The molecule has 0 aromatic heterocycles. The first-order valence-electron chi connectivity index (χ1n) is 10.6. The minimum absolute atomic E-state index is 0.247. The van der Waals surface area contributed by atoms with Crippen LogP contribution >= 0.6 is 0 Å². The zero-order chi connectivity index (χ0) is 22.5. The second-order valence-corrected chi connectivity index (χ2v) is 7.62. The van der Waals surface area contributed by atoms with Gasteiger partial charge in [-0.05, 0) is 62.2 Å². The van der Waals surface area contributed by atoms with Gasteiger partial charge in [0.2, 0.25) is 5.90 Å². The van der Waals surface area contributed by atoms with Crippen LogP contribution in [0.25, 0.3) is 6.08 Å². The number of nitrogens with zero attached hydrogens (tertiary/aromatic N) is 1. The first-order valence-corrected chi connectivity index (χ1v) is 10.6. The summed E-state index contributed by atoms with van der Waals surface area (Å²) in [5, 5.41) is 0. The van der Waals surface area contributed by atoms with Crippen LogP contribution < -0.4 is 9.47 Å². The Balaban J connectivity index is 1.54. The lowest BCUT2D eigenvalue weighted by Gasteiger charge is -2.13. The van der Waals surface area contributed by atoms with Crippen LogP contribution in [0.2, 0.25) is 0 Å². The smallest absolute Gasteiger partial charge is 0.363 e. The molecular weight excluding hydrogens is 402 g/mol. The molecule has 162 valence electrons. The molecule has 0 N–H and O–H groups in total. The average Bonchev–Trinajstić information content (AvgIpc) is 3.15. The fourth-order valence-electron chi connectivity index (χ4n) is 3.23. The van der Waals surface area contributed by atoms with E-state index in [2.05, 4.69) is 24.0 Å². The van der Waals surface area contributed by atoms with Crippen molar-refractivity contribution in [2.24, 2.45) is 4.99 Å². The van der Waals surface area contributed by atoms with Crippen molar-refractivity contribution in [2.75, 3.05) is 6.61 Å². The number of carbonyl (C=O) groups is 1. The fourth-order valence-corrected chi connectivity index (χ4v) is 3.23. The zero-order valence-electron chi connectivity index (χ0n) is 18.4. The van der Waals surface area contributed by atoms with Gasteiger partial charge in [0, 0.05) is 5.56 Å². The van der Waals surface area contributed by atoms with E-state index >= 15 is 0 Å². The van der Waals surface area contributed by atoms with Crippen molar-refractivity contribution in [1.29, 1.82) is 0 Å². The van der Waals surface area contributed by atoms with Gasteiger partial charge in [0.25, 0.3) is 0 Å². The number of aliphatic imine (C=N–C) groups is 1. The van der Waals surface area contributed by atoms with Crippen LogP contribution in [0.5, 0.6) is 11.5 Å². The molecule has 3 aromatic carbocycles. The number of ether oxygens (including phenoxy) is 3. The molecule has 0 bridgehead atoms. The van der Waals surface area contributed by atoms with Crippen molar-refractivity contribution in [1.82, 2.24) is 0 Å². The van der Waals surface area contributed by atoms with Gasteiger partial charge < -0.3 is 14.2 Å². The van der Waals surface area contributed by atoms with E-state index in [-0.39, 0.29) is 5.70 Å². The third kappa shape index (κ3) is 5.06. The third-order valence-corrected chi connectivity index (χ3v) is 5.00. The number of esters is 1. The zero-order valence-corrected chi connectivity index (χ0v) is 18.4. The molecule has 0 radical (unpaired) electrons. The highest BCUT2D eigenvalue weighted by Crippen LogP contribution is 2.31. The number of benzene rings is 3. The lowest BCUT2D eigenvalue weighted by atomic mass is 10.1. The Morgan fingerprint density at radius 3 is 2.25 bits per heavy atom. The van der Waals surface area contributed by atoms with E-state index in [1.54, 1.807) is 6.08 Å². The van der Waals surface area contributed by atoms with Crippen LogP contribution in [0.15, 0.2) is 77.4 Å². The number of aryl methyl sites for hydroxylation is 2. The Morgan fingerprint density at radius 1 is 0.875 bits per heavy atom. The fraction of sp³-hybridized carbons (Fsp3) is 0.185. The monoisotopic (exact) mass is 427 g/mol. The Morgan fingerprint density at radius 2 is 1.56 bits per heavy atom. The molecule has 1 heterocycles. The van der Waals surface area contributed by atoms with Gasteiger partial charge in [0.1, 0.15) is 6.61 Å². The number of hydrogen-bond acceptors (Lipinski definition) is 5. The predicted molar refractivity (Wildman–Crippen MR) is 125 cm³/mol. The minimum Gasteiger partial charge on any atom is -0.490 e. The molecule has 0 saturated carbocycles. The summed E-state index contributed by atoms with van der Waals surface area (Å²) in [5.74, 6) is 1.10. The van der Waals surface area contributed by atoms with Gasteiger partial charge in [-0.2, -0.15) is 0 Å². The van der Waals surface area contributed by atoms with E-state index in [1.165, 1.54) is 5.56 Å². The molecule has 0 aliphatic carbocycles. The van der Waals surface area contributed by atoms with Gasteiger partial charge in [-0.25, -0.2) is 9.79 Å². The maximum atomic E-state index is 12.3. The van der Waals surface area contributed by atoms with E-state index in [1.807, 2.05) is 68.4 Å². The number of hydrogen-bond donors (Lipinski definition) is 0. The minimum atomic E-state index is -0.474. The number of carbonyl (C=O) groups excluding carboxylic acids is 1. The first-order chi connectivity index (χ1) is 15.5. The molecule has 1 aliphatic heterocycles. The second kappa shape index (κ2) is 9.52. The number of cyclic esters (lactones) is 1. The van der Waals surface area contributed by atoms with Crippen LogP contribution in [0, 0.1) is 13.8 Å². The molecule has 0 amide bonds. The average molecular weight is 428 g/mol. The van der Waals surface area contributed by atoms with Gasteiger partial charge in [-0.3, -0.25) is 0 Å². The van der Waals surface area contributed by atoms with Crippen LogP contribution in [0.1, 0.15) is 34.7 Å². The molecule has 4 rings (SSSR count). The maximum Gasteiger partial charge on any atom is 0.363 e. The summed E-state index contributed by atoms with van der Waals surface area (Å²) in [7, 11) is 0. The lowest BCUT2D eigenvalue weighted by molar-refractivity contribution is -0.129.